The van der Waals surface area contributed by atoms with E-state index in [-0.39, 0.29) is 12.5 Å². The van der Waals surface area contributed by atoms with E-state index in [0.29, 0.717) is 6.42 Å². The van der Waals surface area contributed by atoms with Gasteiger partial charge in [-0.3, -0.25) is 4.79 Å². The van der Waals surface area contributed by atoms with Crippen LogP contribution in [0.5, 0.6) is 0 Å². The van der Waals surface area contributed by atoms with Crippen molar-refractivity contribution in [3.63, 3.8) is 0 Å². The Balaban J connectivity index is 3.56. The van der Waals surface area contributed by atoms with Crippen LogP contribution in [0.25, 0.3) is 0 Å². The summed E-state index contributed by atoms with van der Waals surface area (Å²) in [5.74, 6) is -0.0857. The van der Waals surface area contributed by atoms with Gasteiger partial charge in [0, 0.05) is 6.42 Å². The van der Waals surface area contributed by atoms with Gasteiger partial charge in [0.25, 0.3) is 0 Å². The molecule has 0 aliphatic heterocycles. The van der Waals surface area contributed by atoms with Gasteiger partial charge in [-0.15, -0.1) is 0 Å². The van der Waals surface area contributed by atoms with Crippen LogP contribution in [0.4, 0.5) is 0 Å². The van der Waals surface area contributed by atoms with Gasteiger partial charge in [-0.2, -0.15) is 0 Å². The van der Waals surface area contributed by atoms with Gasteiger partial charge in [0.15, 0.2) is 0 Å². The fraction of sp³-hybridized carbons (Fsp3) is 0.667. The van der Waals surface area contributed by atoms with Crippen molar-refractivity contribution < 1.29 is 15.0 Å². The molecule has 0 fully saturated rings. The average Bonchev–Trinajstić information content (AvgIpc) is 3.10. The quantitative estimate of drug-likeness (QED) is 0.0461. The summed E-state index contributed by atoms with van der Waals surface area (Å²) in [4.78, 5) is 12.3. The van der Waals surface area contributed by atoms with Crippen LogP contribution >= 0.6 is 0 Å². The van der Waals surface area contributed by atoms with Gasteiger partial charge in [-0.1, -0.05) is 176 Å². The predicted octanol–water partition coefficient (Wildman–Crippen LogP) is 12.5. The maximum absolute atomic E-state index is 12.3. The zero-order valence-electron chi connectivity index (χ0n) is 31.9. The molecule has 49 heavy (non-hydrogen) atoms. The molecular formula is C45H77NO3. The average molecular weight is 680 g/mol. The molecule has 1 amide bonds. The molecule has 4 nitrogen and oxygen atoms in total. The fourth-order valence-electron chi connectivity index (χ4n) is 5.56. The third-order valence-corrected chi connectivity index (χ3v) is 8.60. The summed E-state index contributed by atoms with van der Waals surface area (Å²) in [5.41, 5.74) is 0. The molecule has 0 aromatic rings. The lowest BCUT2D eigenvalue weighted by Gasteiger charge is -2.19. The Kier molecular flexibility index (Phi) is 38.0. The summed E-state index contributed by atoms with van der Waals surface area (Å²) in [6, 6.07) is -0.647. The van der Waals surface area contributed by atoms with Gasteiger partial charge in [0.05, 0.1) is 18.8 Å². The Morgan fingerprint density at radius 2 is 0.857 bits per heavy atom. The molecule has 0 aromatic carbocycles. The Morgan fingerprint density at radius 3 is 1.35 bits per heavy atom. The molecule has 0 radical (unpaired) electrons. The summed E-state index contributed by atoms with van der Waals surface area (Å²) < 4.78 is 0. The van der Waals surface area contributed by atoms with Crippen molar-refractivity contribution in [2.24, 2.45) is 0 Å². The molecule has 280 valence electrons. The SMILES string of the molecule is CC/C=C\C/C=C\C/C=C\C/C=C\CCCCCCCCCCCCCCCCC(=O)NC(CO)C(O)/C=C/CC/C=C/CC/C=C/CC. The molecule has 2 unspecified atom stereocenters. The van der Waals surface area contributed by atoms with Crippen LogP contribution in [-0.4, -0.2) is 34.9 Å². The first-order chi connectivity index (χ1) is 24.2. The summed E-state index contributed by atoms with van der Waals surface area (Å²) in [6.07, 6.45) is 58.4. The van der Waals surface area contributed by atoms with Gasteiger partial charge < -0.3 is 15.5 Å². The largest absolute Gasteiger partial charge is 0.394 e. The van der Waals surface area contributed by atoms with Crippen LogP contribution in [0.3, 0.4) is 0 Å². The van der Waals surface area contributed by atoms with Gasteiger partial charge in [-0.05, 0) is 77.0 Å². The second-order valence-corrected chi connectivity index (χ2v) is 13.3. The molecule has 3 N–H and O–H groups in total. The van der Waals surface area contributed by atoms with Crippen molar-refractivity contribution in [3.05, 3.63) is 85.1 Å². The standard InChI is InChI=1S/C45H77NO3/c1-3-5-7-9-11-13-15-16-17-18-19-20-21-22-23-24-25-26-27-28-29-30-31-33-35-37-39-41-45(49)46-43(42-47)44(48)40-38-36-34-32-14-12-10-8-6-4-2/h5-8,11,13-14,16-17,19-20,32,38,40,43-44,47-48H,3-4,9-10,12,15,18,21-31,33-37,39,41-42H2,1-2H3,(H,46,49)/b7-5-,8-6+,13-11-,17-16-,20-19-,32-14+,40-38+. The first kappa shape index (κ1) is 46.6. The molecule has 4 heteroatoms. The number of amides is 1. The number of hydrogen-bond acceptors (Lipinski definition) is 3. The van der Waals surface area contributed by atoms with E-state index in [9.17, 15) is 15.0 Å². The first-order valence-electron chi connectivity index (χ1n) is 20.3. The molecule has 0 heterocycles. The second kappa shape index (κ2) is 40.0. The number of hydrogen-bond donors (Lipinski definition) is 3. The molecule has 0 aromatic heterocycles. The number of allylic oxidation sites excluding steroid dienone is 13. The van der Waals surface area contributed by atoms with Crippen LogP contribution in [-0.2, 0) is 4.79 Å². The number of carbonyl (C=O) groups excluding carboxylic acids is 1. The van der Waals surface area contributed by atoms with E-state index in [2.05, 4.69) is 92.1 Å². The Labute approximate surface area is 303 Å². The smallest absolute Gasteiger partial charge is 0.220 e. The van der Waals surface area contributed by atoms with E-state index in [0.717, 1.165) is 70.6 Å². The molecule has 0 bridgehead atoms. The van der Waals surface area contributed by atoms with Crippen LogP contribution in [0.1, 0.15) is 174 Å². The van der Waals surface area contributed by atoms with Crippen molar-refractivity contribution in [2.75, 3.05) is 6.61 Å². The fourth-order valence-corrected chi connectivity index (χ4v) is 5.56. The number of carbonyl (C=O) groups is 1. The van der Waals surface area contributed by atoms with Crippen molar-refractivity contribution in [1.82, 2.24) is 5.32 Å². The Bertz CT molecular complexity index is 910. The highest BCUT2D eigenvalue weighted by molar-refractivity contribution is 5.76. The molecule has 0 saturated carbocycles. The predicted molar refractivity (Wildman–Crippen MR) is 216 cm³/mol. The zero-order chi connectivity index (χ0) is 35.7. The normalized spacial score (nSPS) is 14.0. The highest BCUT2D eigenvalue weighted by atomic mass is 16.3. The van der Waals surface area contributed by atoms with Crippen LogP contribution in [0.2, 0.25) is 0 Å². The maximum Gasteiger partial charge on any atom is 0.220 e. The van der Waals surface area contributed by atoms with Crippen molar-refractivity contribution in [1.29, 1.82) is 0 Å². The number of rotatable bonds is 35. The van der Waals surface area contributed by atoms with E-state index >= 15 is 0 Å². The molecule has 0 spiro atoms. The third kappa shape index (κ3) is 36.7. The minimum atomic E-state index is -0.871. The van der Waals surface area contributed by atoms with Crippen molar-refractivity contribution in [3.8, 4) is 0 Å². The van der Waals surface area contributed by atoms with Gasteiger partial charge >= 0.3 is 0 Å². The minimum Gasteiger partial charge on any atom is -0.394 e. The lowest BCUT2D eigenvalue weighted by Crippen LogP contribution is -2.45. The zero-order valence-corrected chi connectivity index (χ0v) is 31.9. The summed E-state index contributed by atoms with van der Waals surface area (Å²) in [7, 11) is 0. The molecule has 0 rings (SSSR count). The van der Waals surface area contributed by atoms with Crippen LogP contribution in [0.15, 0.2) is 85.1 Å². The Morgan fingerprint density at radius 1 is 0.490 bits per heavy atom. The number of aliphatic hydroxyl groups is 2. The van der Waals surface area contributed by atoms with E-state index in [4.69, 9.17) is 0 Å². The van der Waals surface area contributed by atoms with E-state index < -0.39 is 12.1 Å². The number of unbranched alkanes of at least 4 members (excludes halogenated alkanes) is 16. The maximum atomic E-state index is 12.3. The lowest BCUT2D eigenvalue weighted by atomic mass is 10.0. The van der Waals surface area contributed by atoms with E-state index in [1.54, 1.807) is 6.08 Å². The first-order valence-corrected chi connectivity index (χ1v) is 20.3. The number of nitrogens with one attached hydrogen (secondary N) is 1. The van der Waals surface area contributed by atoms with Gasteiger partial charge in [-0.25, -0.2) is 0 Å². The molecule has 2 atom stereocenters. The summed E-state index contributed by atoms with van der Waals surface area (Å²) >= 11 is 0. The van der Waals surface area contributed by atoms with E-state index in [1.807, 2.05) is 6.08 Å². The van der Waals surface area contributed by atoms with Gasteiger partial charge in [0.2, 0.25) is 5.91 Å². The van der Waals surface area contributed by atoms with Crippen LogP contribution in [0, 0.1) is 0 Å². The molecule has 0 aliphatic rings. The monoisotopic (exact) mass is 680 g/mol. The highest BCUT2D eigenvalue weighted by Gasteiger charge is 2.17. The third-order valence-electron chi connectivity index (χ3n) is 8.60. The van der Waals surface area contributed by atoms with Crippen molar-refractivity contribution in [2.45, 2.75) is 187 Å². The van der Waals surface area contributed by atoms with Gasteiger partial charge in [0.1, 0.15) is 0 Å². The van der Waals surface area contributed by atoms with Crippen LogP contribution < -0.4 is 5.32 Å². The summed E-state index contributed by atoms with van der Waals surface area (Å²) in [6.45, 7) is 4.04. The number of aliphatic hydroxyl groups excluding tert-OH is 2. The minimum absolute atomic E-state index is 0.0857. The highest BCUT2D eigenvalue weighted by Crippen LogP contribution is 2.14. The van der Waals surface area contributed by atoms with Crippen molar-refractivity contribution >= 4 is 5.91 Å². The molecule has 0 aliphatic carbocycles. The summed E-state index contributed by atoms with van der Waals surface area (Å²) in [5, 5.41) is 22.8. The lowest BCUT2D eigenvalue weighted by molar-refractivity contribution is -0.123. The topological polar surface area (TPSA) is 69.6 Å². The van der Waals surface area contributed by atoms with E-state index in [1.165, 1.54) is 83.5 Å². The molecular weight excluding hydrogens is 602 g/mol. The molecule has 0 saturated heterocycles. The Hall–Kier alpha value is -2.43. The second-order valence-electron chi connectivity index (χ2n) is 13.3.